The highest BCUT2D eigenvalue weighted by Gasteiger charge is 2.45. The number of thioether (sulfide) groups is 1. The Bertz CT molecular complexity index is 950. The topological polar surface area (TPSA) is 49.2 Å². The van der Waals surface area contributed by atoms with Crippen LogP contribution in [-0.2, 0) is 21.8 Å². The van der Waals surface area contributed by atoms with Gasteiger partial charge in [0.05, 0.1) is 17.7 Å². The van der Waals surface area contributed by atoms with Crippen LogP contribution in [0.25, 0.3) is 0 Å². The molecule has 1 aliphatic carbocycles. The zero-order chi connectivity index (χ0) is 21.8. The monoisotopic (exact) mass is 479 g/mol. The average Bonchev–Trinajstić information content (AvgIpc) is 3.39. The van der Waals surface area contributed by atoms with Crippen molar-refractivity contribution in [1.29, 1.82) is 0 Å². The fourth-order valence-electron chi connectivity index (χ4n) is 4.07. The van der Waals surface area contributed by atoms with Crippen molar-refractivity contribution in [2.75, 3.05) is 18.1 Å². The molecule has 0 spiro atoms. The molecule has 1 aromatic heterocycles. The normalized spacial score (nSPS) is 26.1. The van der Waals surface area contributed by atoms with Gasteiger partial charge >= 0.3 is 0 Å². The van der Waals surface area contributed by atoms with Gasteiger partial charge in [0.15, 0.2) is 0 Å². The number of ether oxygens (including phenoxy) is 2. The van der Waals surface area contributed by atoms with Crippen molar-refractivity contribution < 1.29 is 9.47 Å². The summed E-state index contributed by atoms with van der Waals surface area (Å²) in [4.78, 5) is 4.03. The number of rotatable bonds is 8. The van der Waals surface area contributed by atoms with E-state index >= 15 is 0 Å². The third-order valence-corrected chi connectivity index (χ3v) is 7.56. The largest absolute Gasteiger partial charge is 0.342 e. The molecule has 166 valence electrons. The van der Waals surface area contributed by atoms with Crippen LogP contribution in [0.5, 0.6) is 0 Å². The predicted molar refractivity (Wildman–Crippen MR) is 127 cm³/mol. The highest BCUT2D eigenvalue weighted by Crippen LogP contribution is 2.41. The molecule has 1 aliphatic heterocycles. The van der Waals surface area contributed by atoms with Crippen LogP contribution in [0.15, 0.2) is 54.7 Å². The molecule has 0 bridgehead atoms. The molecule has 0 radical (unpaired) electrons. The van der Waals surface area contributed by atoms with Crippen molar-refractivity contribution in [3.8, 4) is 0 Å². The standard InChI is InChI=1S/C23H27Cl2N3O2S/c1-16(2)18-5-3-17(4-6-18)11-31-12-20-10-29-23(30-20,13-28-15-26-14-27-28)21-8-7-19(24)9-22(21)25/h3,7-9,14-15,18,20H,1,4-6,10-13H2,2H3/t18-,20-,23-/m1/s1. The summed E-state index contributed by atoms with van der Waals surface area (Å²) < 4.78 is 14.4. The van der Waals surface area contributed by atoms with Crippen LogP contribution in [0, 0.1) is 5.92 Å². The Hall–Kier alpha value is -1.31. The summed E-state index contributed by atoms with van der Waals surface area (Å²) in [5.74, 6) is 1.51. The molecule has 0 unspecified atom stereocenters. The van der Waals surface area contributed by atoms with Crippen LogP contribution < -0.4 is 0 Å². The van der Waals surface area contributed by atoms with Gasteiger partial charge in [0.1, 0.15) is 19.2 Å². The molecular weight excluding hydrogens is 453 g/mol. The van der Waals surface area contributed by atoms with E-state index in [1.165, 1.54) is 23.9 Å². The molecule has 0 N–H and O–H groups in total. The molecule has 2 heterocycles. The molecule has 4 rings (SSSR count). The maximum absolute atomic E-state index is 6.52. The minimum atomic E-state index is -1.01. The molecule has 8 heteroatoms. The predicted octanol–water partition coefficient (Wildman–Crippen LogP) is 5.89. The second kappa shape index (κ2) is 10.1. The van der Waals surface area contributed by atoms with E-state index < -0.39 is 5.79 Å². The van der Waals surface area contributed by atoms with Crippen LogP contribution in [-0.4, -0.2) is 39.0 Å². The van der Waals surface area contributed by atoms with Gasteiger partial charge in [-0.2, -0.15) is 16.9 Å². The van der Waals surface area contributed by atoms with Gasteiger partial charge in [-0.25, -0.2) is 9.67 Å². The van der Waals surface area contributed by atoms with Crippen molar-refractivity contribution in [2.45, 2.75) is 44.6 Å². The first-order valence-corrected chi connectivity index (χ1v) is 12.4. The Kier molecular flexibility index (Phi) is 7.44. The van der Waals surface area contributed by atoms with Gasteiger partial charge in [-0.3, -0.25) is 0 Å². The summed E-state index contributed by atoms with van der Waals surface area (Å²) >= 11 is 14.5. The first-order chi connectivity index (χ1) is 14.9. The van der Waals surface area contributed by atoms with Gasteiger partial charge in [-0.05, 0) is 44.2 Å². The van der Waals surface area contributed by atoms with E-state index in [-0.39, 0.29) is 6.10 Å². The van der Waals surface area contributed by atoms with Gasteiger partial charge in [-0.1, -0.05) is 53.1 Å². The Morgan fingerprint density at radius 3 is 2.94 bits per heavy atom. The van der Waals surface area contributed by atoms with E-state index in [1.807, 2.05) is 17.8 Å². The van der Waals surface area contributed by atoms with E-state index in [1.54, 1.807) is 23.1 Å². The Morgan fingerprint density at radius 2 is 2.26 bits per heavy atom. The molecule has 1 aromatic carbocycles. The van der Waals surface area contributed by atoms with Crippen LogP contribution in [0.3, 0.4) is 0 Å². The minimum absolute atomic E-state index is 0.0346. The van der Waals surface area contributed by atoms with Crippen LogP contribution >= 0.6 is 35.0 Å². The van der Waals surface area contributed by atoms with Crippen LogP contribution in [0.1, 0.15) is 31.7 Å². The first kappa shape index (κ1) is 22.9. The van der Waals surface area contributed by atoms with E-state index in [2.05, 4.69) is 29.7 Å². The second-order valence-electron chi connectivity index (χ2n) is 8.22. The summed E-state index contributed by atoms with van der Waals surface area (Å²) in [5, 5.41) is 5.31. The lowest BCUT2D eigenvalue weighted by Gasteiger charge is -2.29. The third kappa shape index (κ3) is 5.55. The third-order valence-electron chi connectivity index (χ3n) is 5.83. The number of allylic oxidation sites excluding steroid dienone is 2. The lowest BCUT2D eigenvalue weighted by molar-refractivity contribution is -0.186. The van der Waals surface area contributed by atoms with E-state index in [4.69, 9.17) is 32.7 Å². The maximum Gasteiger partial charge on any atom is 0.217 e. The zero-order valence-corrected chi connectivity index (χ0v) is 19.9. The van der Waals surface area contributed by atoms with Crippen molar-refractivity contribution >= 4 is 35.0 Å². The number of benzene rings is 1. The summed E-state index contributed by atoms with van der Waals surface area (Å²) in [7, 11) is 0. The summed E-state index contributed by atoms with van der Waals surface area (Å²) in [5.41, 5.74) is 3.57. The Morgan fingerprint density at radius 1 is 1.39 bits per heavy atom. The quantitative estimate of drug-likeness (QED) is 0.441. The van der Waals surface area contributed by atoms with E-state index in [0.717, 1.165) is 29.9 Å². The van der Waals surface area contributed by atoms with Crippen molar-refractivity contribution in [3.05, 3.63) is 70.3 Å². The van der Waals surface area contributed by atoms with E-state index in [0.29, 0.717) is 29.1 Å². The SMILES string of the molecule is C=C(C)[C@@H]1CC=C(CSC[C@H]2CO[C@@](Cn3cncn3)(c3ccc(Cl)cc3Cl)O2)CC1. The molecule has 3 atom stereocenters. The zero-order valence-electron chi connectivity index (χ0n) is 17.6. The number of hydrogen-bond donors (Lipinski definition) is 0. The molecule has 0 saturated carbocycles. The number of nitrogens with zero attached hydrogens (tertiary/aromatic N) is 3. The highest BCUT2D eigenvalue weighted by molar-refractivity contribution is 7.99. The van der Waals surface area contributed by atoms with Crippen LogP contribution in [0.4, 0.5) is 0 Å². The molecule has 1 fully saturated rings. The highest BCUT2D eigenvalue weighted by atomic mass is 35.5. The number of hydrogen-bond acceptors (Lipinski definition) is 5. The maximum atomic E-state index is 6.52. The Balaban J connectivity index is 1.40. The van der Waals surface area contributed by atoms with Crippen molar-refractivity contribution in [2.24, 2.45) is 5.92 Å². The molecule has 1 saturated heterocycles. The van der Waals surface area contributed by atoms with Gasteiger partial charge in [0.25, 0.3) is 0 Å². The molecule has 2 aliphatic rings. The van der Waals surface area contributed by atoms with E-state index in [9.17, 15) is 0 Å². The lowest BCUT2D eigenvalue weighted by Crippen LogP contribution is -2.34. The van der Waals surface area contributed by atoms with Gasteiger partial charge in [0.2, 0.25) is 5.79 Å². The molecule has 5 nitrogen and oxygen atoms in total. The van der Waals surface area contributed by atoms with Gasteiger partial charge in [-0.15, -0.1) is 0 Å². The molecular formula is C23H27Cl2N3O2S. The summed E-state index contributed by atoms with van der Waals surface area (Å²) in [6.45, 7) is 7.10. The number of aromatic nitrogens is 3. The average molecular weight is 480 g/mol. The Labute approximate surface area is 197 Å². The van der Waals surface area contributed by atoms with Crippen molar-refractivity contribution in [1.82, 2.24) is 14.8 Å². The minimum Gasteiger partial charge on any atom is -0.342 e. The molecule has 0 amide bonds. The second-order valence-corrected chi connectivity index (χ2v) is 10.1. The van der Waals surface area contributed by atoms with Crippen molar-refractivity contribution in [3.63, 3.8) is 0 Å². The summed E-state index contributed by atoms with van der Waals surface area (Å²) in [6.07, 6.45) is 8.98. The fourth-order valence-corrected chi connectivity index (χ4v) is 5.69. The van der Waals surface area contributed by atoms with Gasteiger partial charge in [0, 0.05) is 22.1 Å². The van der Waals surface area contributed by atoms with Gasteiger partial charge < -0.3 is 9.47 Å². The lowest BCUT2D eigenvalue weighted by atomic mass is 9.86. The number of halogens is 2. The summed E-state index contributed by atoms with van der Waals surface area (Å²) in [6, 6.07) is 5.38. The smallest absolute Gasteiger partial charge is 0.217 e. The molecule has 31 heavy (non-hydrogen) atoms. The first-order valence-electron chi connectivity index (χ1n) is 10.5. The fraction of sp³-hybridized carbons (Fsp3) is 0.478. The van der Waals surface area contributed by atoms with Crippen LogP contribution in [0.2, 0.25) is 10.0 Å². The molecule has 2 aromatic rings.